The minimum atomic E-state index is -0.259. The van der Waals surface area contributed by atoms with Gasteiger partial charge in [0.15, 0.2) is 11.5 Å². The number of rotatable bonds is 6. The number of hydrogen-bond acceptors (Lipinski definition) is 4. The fourth-order valence-corrected chi connectivity index (χ4v) is 4.18. The molecule has 0 aromatic heterocycles. The summed E-state index contributed by atoms with van der Waals surface area (Å²) in [5.41, 5.74) is 2.24. The van der Waals surface area contributed by atoms with Crippen molar-refractivity contribution < 1.29 is 19.0 Å². The average Bonchev–Trinajstić information content (AvgIpc) is 3.33. The fraction of sp³-hybridized carbons (Fsp3) is 0.348. The van der Waals surface area contributed by atoms with Crippen LogP contribution in [0.3, 0.4) is 0 Å². The Labute approximate surface area is 165 Å². The minimum Gasteiger partial charge on any atom is -0.496 e. The molecule has 1 atom stereocenters. The van der Waals surface area contributed by atoms with Crippen LogP contribution in [-0.2, 0) is 0 Å². The Hall–Kier alpha value is -2.95. The third kappa shape index (κ3) is 3.01. The summed E-state index contributed by atoms with van der Waals surface area (Å²) in [6, 6.07) is 11.0. The average molecular weight is 379 g/mol. The Bertz CT molecular complexity index is 901. The van der Waals surface area contributed by atoms with Crippen LogP contribution in [0.25, 0.3) is 0 Å². The number of carbonyl (C=O) groups excluding carboxylic acids is 1. The van der Waals surface area contributed by atoms with Gasteiger partial charge in [-0.15, -0.1) is 6.58 Å². The van der Waals surface area contributed by atoms with Gasteiger partial charge in [-0.3, -0.25) is 9.69 Å². The van der Waals surface area contributed by atoms with Crippen LogP contribution >= 0.6 is 0 Å². The summed E-state index contributed by atoms with van der Waals surface area (Å²) in [5, 5.41) is 0. The van der Waals surface area contributed by atoms with Crippen LogP contribution in [0.2, 0.25) is 0 Å². The number of methoxy groups -OCH3 is 2. The van der Waals surface area contributed by atoms with Crippen molar-refractivity contribution in [3.8, 4) is 17.2 Å². The molecule has 0 bridgehead atoms. The normalized spacial score (nSPS) is 18.9. The largest absolute Gasteiger partial charge is 0.496 e. The van der Waals surface area contributed by atoms with Crippen LogP contribution in [0.4, 0.5) is 5.69 Å². The molecule has 2 aromatic rings. The van der Waals surface area contributed by atoms with Crippen LogP contribution in [0.5, 0.6) is 17.2 Å². The molecule has 2 aromatic carbocycles. The highest BCUT2D eigenvalue weighted by molar-refractivity contribution is 6.13. The summed E-state index contributed by atoms with van der Waals surface area (Å²) >= 11 is 0. The lowest BCUT2D eigenvalue weighted by atomic mass is 10.0. The Balaban J connectivity index is 1.74. The van der Waals surface area contributed by atoms with Gasteiger partial charge in [0.25, 0.3) is 5.91 Å². The summed E-state index contributed by atoms with van der Waals surface area (Å²) in [4.78, 5) is 15.0. The van der Waals surface area contributed by atoms with E-state index in [0.29, 0.717) is 22.8 Å². The van der Waals surface area contributed by atoms with Crippen LogP contribution in [0.15, 0.2) is 49.1 Å². The maximum atomic E-state index is 13.3. The number of fused-ring (bicyclic) bond motifs is 1. The van der Waals surface area contributed by atoms with Crippen LogP contribution < -0.4 is 19.1 Å². The third-order valence-corrected chi connectivity index (χ3v) is 5.55. The molecule has 5 nitrogen and oxygen atoms in total. The predicted octanol–water partition coefficient (Wildman–Crippen LogP) is 4.91. The summed E-state index contributed by atoms with van der Waals surface area (Å²) in [5.74, 6) is 1.82. The van der Waals surface area contributed by atoms with Crippen molar-refractivity contribution in [1.29, 1.82) is 0 Å². The Morgan fingerprint density at radius 2 is 1.79 bits per heavy atom. The molecule has 0 N–H and O–H groups in total. The maximum absolute atomic E-state index is 13.3. The first-order chi connectivity index (χ1) is 13.7. The van der Waals surface area contributed by atoms with E-state index in [1.807, 2.05) is 36.4 Å². The van der Waals surface area contributed by atoms with E-state index in [9.17, 15) is 4.79 Å². The second-order valence-electron chi connectivity index (χ2n) is 7.14. The molecule has 1 aliphatic heterocycles. The summed E-state index contributed by atoms with van der Waals surface area (Å²) < 4.78 is 17.1. The van der Waals surface area contributed by atoms with Crippen molar-refractivity contribution in [2.24, 2.45) is 0 Å². The molecule has 28 heavy (non-hydrogen) atoms. The molecule has 1 saturated carbocycles. The number of benzene rings is 2. The van der Waals surface area contributed by atoms with E-state index in [0.717, 1.165) is 24.1 Å². The highest BCUT2D eigenvalue weighted by Gasteiger charge is 2.38. The zero-order valence-corrected chi connectivity index (χ0v) is 16.3. The number of anilines is 1. The van der Waals surface area contributed by atoms with E-state index in [1.54, 1.807) is 25.2 Å². The van der Waals surface area contributed by atoms with Crippen molar-refractivity contribution in [1.82, 2.24) is 0 Å². The standard InChI is InChI=1S/C23H25NO4/c1-4-18-17-10-7-11-20(27-3)22(17)23(25)24(18)15-12-13-19(26-2)21(14-15)28-16-8-5-6-9-16/h4,7,10-14,16,18H,1,5-6,8-9H2,2-3H3. The van der Waals surface area contributed by atoms with Gasteiger partial charge in [0, 0.05) is 11.8 Å². The molecule has 1 amide bonds. The molecular formula is C23H25NO4. The van der Waals surface area contributed by atoms with Crippen molar-refractivity contribution in [2.75, 3.05) is 19.1 Å². The Morgan fingerprint density at radius 1 is 1.04 bits per heavy atom. The predicted molar refractivity (Wildman–Crippen MR) is 109 cm³/mol. The molecule has 1 heterocycles. The molecule has 1 aliphatic carbocycles. The number of ether oxygens (including phenoxy) is 3. The zero-order valence-electron chi connectivity index (χ0n) is 16.3. The fourth-order valence-electron chi connectivity index (χ4n) is 4.18. The highest BCUT2D eigenvalue weighted by Crippen LogP contribution is 2.44. The van der Waals surface area contributed by atoms with Gasteiger partial charge in [0.1, 0.15) is 5.75 Å². The van der Waals surface area contributed by atoms with Crippen LogP contribution in [0.1, 0.15) is 47.6 Å². The van der Waals surface area contributed by atoms with Gasteiger partial charge in [-0.25, -0.2) is 0 Å². The van der Waals surface area contributed by atoms with E-state index in [1.165, 1.54) is 12.8 Å². The van der Waals surface area contributed by atoms with Gasteiger partial charge in [0.2, 0.25) is 0 Å². The first-order valence-corrected chi connectivity index (χ1v) is 9.65. The molecule has 0 radical (unpaired) electrons. The van der Waals surface area contributed by atoms with E-state index < -0.39 is 0 Å². The molecule has 0 saturated heterocycles. The number of amides is 1. The van der Waals surface area contributed by atoms with Gasteiger partial charge >= 0.3 is 0 Å². The van der Waals surface area contributed by atoms with Gasteiger partial charge in [-0.1, -0.05) is 18.2 Å². The molecule has 4 rings (SSSR count). The topological polar surface area (TPSA) is 48.0 Å². The van der Waals surface area contributed by atoms with Gasteiger partial charge in [0.05, 0.1) is 31.9 Å². The highest BCUT2D eigenvalue weighted by atomic mass is 16.5. The summed E-state index contributed by atoms with van der Waals surface area (Å²) in [7, 11) is 3.21. The lowest BCUT2D eigenvalue weighted by Crippen LogP contribution is -2.27. The lowest BCUT2D eigenvalue weighted by molar-refractivity contribution is 0.0991. The van der Waals surface area contributed by atoms with E-state index in [2.05, 4.69) is 6.58 Å². The molecule has 1 fully saturated rings. The van der Waals surface area contributed by atoms with Crippen molar-refractivity contribution in [3.05, 3.63) is 60.2 Å². The van der Waals surface area contributed by atoms with Gasteiger partial charge < -0.3 is 14.2 Å². The van der Waals surface area contributed by atoms with E-state index in [-0.39, 0.29) is 18.1 Å². The van der Waals surface area contributed by atoms with Crippen LogP contribution in [-0.4, -0.2) is 26.2 Å². The molecule has 2 aliphatic rings. The smallest absolute Gasteiger partial charge is 0.263 e. The van der Waals surface area contributed by atoms with Crippen molar-refractivity contribution >= 4 is 11.6 Å². The second-order valence-corrected chi connectivity index (χ2v) is 7.14. The van der Waals surface area contributed by atoms with Gasteiger partial charge in [-0.2, -0.15) is 0 Å². The monoisotopic (exact) mass is 379 g/mol. The zero-order chi connectivity index (χ0) is 19.7. The number of nitrogens with zero attached hydrogens (tertiary/aromatic N) is 1. The van der Waals surface area contributed by atoms with E-state index >= 15 is 0 Å². The maximum Gasteiger partial charge on any atom is 0.263 e. The Morgan fingerprint density at radius 3 is 2.46 bits per heavy atom. The number of hydrogen-bond donors (Lipinski definition) is 0. The molecule has 146 valence electrons. The third-order valence-electron chi connectivity index (χ3n) is 5.55. The second kappa shape index (κ2) is 7.58. The van der Waals surface area contributed by atoms with Crippen molar-refractivity contribution in [2.45, 2.75) is 37.8 Å². The quantitative estimate of drug-likeness (QED) is 0.669. The van der Waals surface area contributed by atoms with Gasteiger partial charge in [-0.05, 0) is 49.4 Å². The first-order valence-electron chi connectivity index (χ1n) is 9.65. The molecule has 1 unspecified atom stereocenters. The molecular weight excluding hydrogens is 354 g/mol. The molecule has 5 heteroatoms. The SMILES string of the molecule is C=CC1c2cccc(OC)c2C(=O)N1c1ccc(OC)c(OC2CCCC2)c1. The van der Waals surface area contributed by atoms with E-state index in [4.69, 9.17) is 14.2 Å². The summed E-state index contributed by atoms with van der Waals surface area (Å²) in [6.45, 7) is 3.96. The summed E-state index contributed by atoms with van der Waals surface area (Å²) in [6.07, 6.45) is 6.45. The lowest BCUT2D eigenvalue weighted by Gasteiger charge is -2.24. The van der Waals surface area contributed by atoms with Crippen molar-refractivity contribution in [3.63, 3.8) is 0 Å². The molecule has 0 spiro atoms. The number of carbonyl (C=O) groups is 1. The minimum absolute atomic E-state index is 0.102. The Kier molecular flexibility index (Phi) is 4.99. The first kappa shape index (κ1) is 18.4. The van der Waals surface area contributed by atoms with Crippen LogP contribution in [0, 0.1) is 0 Å².